The van der Waals surface area contributed by atoms with Crippen LogP contribution >= 0.6 is 0 Å². The van der Waals surface area contributed by atoms with Gasteiger partial charge in [-0.1, -0.05) is 30.3 Å². The van der Waals surface area contributed by atoms with Crippen molar-refractivity contribution in [3.8, 4) is 0 Å². The summed E-state index contributed by atoms with van der Waals surface area (Å²) in [5.41, 5.74) is 1.08. The third kappa shape index (κ3) is 2.28. The first-order valence-electron chi connectivity index (χ1n) is 5.11. The van der Waals surface area contributed by atoms with E-state index in [1.807, 2.05) is 37.3 Å². The number of aromatic nitrogens is 2. The second-order valence-corrected chi connectivity index (χ2v) is 3.55. The van der Waals surface area contributed by atoms with E-state index in [-0.39, 0.29) is 12.1 Å². The van der Waals surface area contributed by atoms with Crippen LogP contribution in [0.3, 0.4) is 0 Å². The normalized spacial score (nSPS) is 12.1. The molecule has 82 valence electrons. The zero-order valence-electron chi connectivity index (χ0n) is 9.00. The van der Waals surface area contributed by atoms with Gasteiger partial charge in [0, 0.05) is 12.4 Å². The van der Waals surface area contributed by atoms with Gasteiger partial charge in [-0.25, -0.2) is 9.78 Å². The summed E-state index contributed by atoms with van der Waals surface area (Å²) in [4.78, 5) is 15.5. The highest BCUT2D eigenvalue weighted by Crippen LogP contribution is 2.10. The fourth-order valence-corrected chi connectivity index (χ4v) is 1.46. The molecule has 1 aromatic carbocycles. The molecule has 0 radical (unpaired) electrons. The summed E-state index contributed by atoms with van der Waals surface area (Å²) in [5.74, 6) is 0. The van der Waals surface area contributed by atoms with Crippen LogP contribution in [0.5, 0.6) is 0 Å². The second-order valence-electron chi connectivity index (χ2n) is 3.55. The van der Waals surface area contributed by atoms with E-state index in [1.165, 1.54) is 10.9 Å². The predicted molar refractivity (Wildman–Crippen MR) is 61.0 cm³/mol. The highest BCUT2D eigenvalue weighted by atomic mass is 16.2. The third-order valence-electron chi connectivity index (χ3n) is 2.38. The van der Waals surface area contributed by atoms with Crippen molar-refractivity contribution in [3.63, 3.8) is 0 Å². The van der Waals surface area contributed by atoms with Crippen LogP contribution in [0.15, 0.2) is 49.1 Å². The maximum Gasteiger partial charge on any atom is 0.327 e. The largest absolute Gasteiger partial charge is 0.331 e. The molecule has 16 heavy (non-hydrogen) atoms. The Morgan fingerprint density at radius 2 is 2.12 bits per heavy atom. The molecular formula is C12H13N3O. The lowest BCUT2D eigenvalue weighted by atomic mass is 10.1. The van der Waals surface area contributed by atoms with Gasteiger partial charge in [0.25, 0.3) is 0 Å². The third-order valence-corrected chi connectivity index (χ3v) is 2.38. The number of amides is 1. The van der Waals surface area contributed by atoms with E-state index >= 15 is 0 Å². The molecule has 0 aliphatic rings. The highest BCUT2D eigenvalue weighted by Gasteiger charge is 2.09. The molecular weight excluding hydrogens is 202 g/mol. The first-order chi connectivity index (χ1) is 7.77. The van der Waals surface area contributed by atoms with Crippen LogP contribution in [0, 0.1) is 0 Å². The average Bonchev–Trinajstić information content (AvgIpc) is 2.83. The van der Waals surface area contributed by atoms with Crippen molar-refractivity contribution in [3.05, 3.63) is 54.6 Å². The first kappa shape index (κ1) is 10.4. The molecule has 4 heteroatoms. The minimum atomic E-state index is -0.172. The van der Waals surface area contributed by atoms with Crippen LogP contribution in [-0.2, 0) is 0 Å². The number of rotatable bonds is 2. The van der Waals surface area contributed by atoms with Crippen LogP contribution in [0.25, 0.3) is 0 Å². The molecule has 1 aromatic heterocycles. The summed E-state index contributed by atoms with van der Waals surface area (Å²) in [6, 6.07) is 9.64. The lowest BCUT2D eigenvalue weighted by Crippen LogP contribution is -2.30. The topological polar surface area (TPSA) is 46.9 Å². The van der Waals surface area contributed by atoms with Gasteiger partial charge in [0.1, 0.15) is 6.33 Å². The fourth-order valence-electron chi connectivity index (χ4n) is 1.46. The van der Waals surface area contributed by atoms with Gasteiger partial charge in [-0.3, -0.25) is 4.57 Å². The molecule has 0 saturated carbocycles. The lowest BCUT2D eigenvalue weighted by molar-refractivity contribution is 0.239. The number of nitrogens with zero attached hydrogens (tertiary/aromatic N) is 2. The van der Waals surface area contributed by atoms with E-state index in [2.05, 4.69) is 10.3 Å². The SMILES string of the molecule is C[C@@H](NC(=O)n1ccnc1)c1ccccc1. The van der Waals surface area contributed by atoms with Crippen LogP contribution in [0.4, 0.5) is 4.79 Å². The quantitative estimate of drug-likeness (QED) is 0.834. The Balaban J connectivity index is 2.03. The van der Waals surface area contributed by atoms with Crippen LogP contribution in [0.2, 0.25) is 0 Å². The van der Waals surface area contributed by atoms with Gasteiger partial charge in [-0.15, -0.1) is 0 Å². The van der Waals surface area contributed by atoms with Crippen molar-refractivity contribution in [2.24, 2.45) is 0 Å². The zero-order valence-corrected chi connectivity index (χ0v) is 9.00. The Labute approximate surface area is 93.9 Å². The molecule has 4 nitrogen and oxygen atoms in total. The number of carbonyl (C=O) groups is 1. The summed E-state index contributed by atoms with van der Waals surface area (Å²) < 4.78 is 1.42. The van der Waals surface area contributed by atoms with Crippen molar-refractivity contribution < 1.29 is 4.79 Å². The van der Waals surface area contributed by atoms with Crippen molar-refractivity contribution in [2.45, 2.75) is 13.0 Å². The molecule has 1 amide bonds. The molecule has 1 N–H and O–H groups in total. The lowest BCUT2D eigenvalue weighted by Gasteiger charge is -2.13. The smallest absolute Gasteiger partial charge is 0.327 e. The molecule has 2 rings (SSSR count). The van der Waals surface area contributed by atoms with E-state index in [0.717, 1.165) is 5.56 Å². The van der Waals surface area contributed by atoms with E-state index < -0.39 is 0 Å². The monoisotopic (exact) mass is 215 g/mol. The molecule has 0 unspecified atom stereocenters. The van der Waals surface area contributed by atoms with Crippen LogP contribution in [-0.4, -0.2) is 15.6 Å². The molecule has 0 fully saturated rings. The van der Waals surface area contributed by atoms with Gasteiger partial charge < -0.3 is 5.32 Å². The Morgan fingerprint density at radius 1 is 1.38 bits per heavy atom. The molecule has 1 atom stereocenters. The van der Waals surface area contributed by atoms with Crippen LogP contribution in [0.1, 0.15) is 18.5 Å². The number of imidazole rings is 1. The first-order valence-corrected chi connectivity index (χ1v) is 5.11. The minimum Gasteiger partial charge on any atom is -0.331 e. The number of carbonyl (C=O) groups excluding carboxylic acids is 1. The van der Waals surface area contributed by atoms with Gasteiger partial charge in [0.2, 0.25) is 0 Å². The Kier molecular flexibility index (Phi) is 3.00. The van der Waals surface area contributed by atoms with Gasteiger partial charge in [0.05, 0.1) is 6.04 Å². The van der Waals surface area contributed by atoms with E-state index in [1.54, 1.807) is 12.4 Å². The molecule has 0 bridgehead atoms. The van der Waals surface area contributed by atoms with Crippen LogP contribution < -0.4 is 5.32 Å². The van der Waals surface area contributed by atoms with Gasteiger partial charge in [-0.05, 0) is 12.5 Å². The number of nitrogens with one attached hydrogen (secondary N) is 1. The molecule has 0 saturated heterocycles. The molecule has 0 spiro atoms. The summed E-state index contributed by atoms with van der Waals surface area (Å²) in [6.07, 6.45) is 4.67. The van der Waals surface area contributed by atoms with Crippen molar-refractivity contribution >= 4 is 6.03 Å². The average molecular weight is 215 g/mol. The fraction of sp³-hybridized carbons (Fsp3) is 0.167. The molecule has 1 heterocycles. The number of hydrogen-bond acceptors (Lipinski definition) is 2. The van der Waals surface area contributed by atoms with Gasteiger partial charge >= 0.3 is 6.03 Å². The predicted octanol–water partition coefficient (Wildman–Crippen LogP) is 2.20. The summed E-state index contributed by atoms with van der Waals surface area (Å²) in [5, 5.41) is 2.88. The van der Waals surface area contributed by atoms with E-state index in [0.29, 0.717) is 0 Å². The minimum absolute atomic E-state index is 0.0175. The van der Waals surface area contributed by atoms with Crippen molar-refractivity contribution in [2.75, 3.05) is 0 Å². The Bertz CT molecular complexity index is 450. The van der Waals surface area contributed by atoms with Gasteiger partial charge in [-0.2, -0.15) is 0 Å². The molecule has 2 aromatic rings. The Hall–Kier alpha value is -2.10. The maximum absolute atomic E-state index is 11.7. The number of hydrogen-bond donors (Lipinski definition) is 1. The highest BCUT2D eigenvalue weighted by molar-refractivity contribution is 5.76. The number of benzene rings is 1. The van der Waals surface area contributed by atoms with Crippen molar-refractivity contribution in [1.29, 1.82) is 0 Å². The molecule has 0 aliphatic carbocycles. The summed E-state index contributed by atoms with van der Waals surface area (Å²) in [7, 11) is 0. The zero-order chi connectivity index (χ0) is 11.4. The summed E-state index contributed by atoms with van der Waals surface area (Å²) in [6.45, 7) is 1.95. The second kappa shape index (κ2) is 4.61. The van der Waals surface area contributed by atoms with E-state index in [4.69, 9.17) is 0 Å². The van der Waals surface area contributed by atoms with Crippen molar-refractivity contribution in [1.82, 2.24) is 14.9 Å². The standard InChI is InChI=1S/C12H13N3O/c1-10(11-5-3-2-4-6-11)14-12(16)15-8-7-13-9-15/h2-10H,1H3,(H,14,16)/t10-/m1/s1. The molecule has 0 aliphatic heterocycles. The maximum atomic E-state index is 11.7. The van der Waals surface area contributed by atoms with E-state index in [9.17, 15) is 4.79 Å². The summed E-state index contributed by atoms with van der Waals surface area (Å²) >= 11 is 0. The Morgan fingerprint density at radius 3 is 2.75 bits per heavy atom. The van der Waals surface area contributed by atoms with Gasteiger partial charge in [0.15, 0.2) is 0 Å².